The third-order valence-corrected chi connectivity index (χ3v) is 9.23. The lowest BCUT2D eigenvalue weighted by Crippen LogP contribution is -2.29. The zero-order valence-electron chi connectivity index (χ0n) is 30.0. The summed E-state index contributed by atoms with van der Waals surface area (Å²) >= 11 is 0. The minimum absolute atomic E-state index is 1.02. The van der Waals surface area contributed by atoms with Crippen LogP contribution in [0, 0.1) is 24.7 Å². The zero-order valence-corrected chi connectivity index (χ0v) is 30.0. The van der Waals surface area contributed by atoms with E-state index >= 15 is 0 Å². The van der Waals surface area contributed by atoms with Gasteiger partial charge >= 0.3 is 0 Å². The van der Waals surface area contributed by atoms with Crippen LogP contribution in [0.25, 0.3) is 0 Å². The Morgan fingerprint density at radius 3 is 0.841 bits per heavy atom. The summed E-state index contributed by atoms with van der Waals surface area (Å²) in [6.07, 6.45) is 43.9. The smallest absolute Gasteiger partial charge is 0.0539 e. The van der Waals surface area contributed by atoms with E-state index < -0.39 is 0 Å². The minimum Gasteiger partial charge on any atom is -0.370 e. The van der Waals surface area contributed by atoms with Crippen LogP contribution in [0.15, 0.2) is 12.1 Å². The van der Waals surface area contributed by atoms with E-state index in [1.54, 1.807) is 0 Å². The molecule has 0 radical (unpaired) electrons. The van der Waals surface area contributed by atoms with E-state index in [9.17, 15) is 0 Å². The summed E-state index contributed by atoms with van der Waals surface area (Å²) in [4.78, 5) is 5.15. The third kappa shape index (κ3) is 18.0. The molecular formula is C42H72N2. The highest BCUT2D eigenvalue weighted by molar-refractivity contribution is 5.73. The molecular weight excluding hydrogens is 532 g/mol. The number of hydrogen-bond donors (Lipinski definition) is 0. The molecule has 0 amide bonds. The Labute approximate surface area is 276 Å². The summed E-state index contributed by atoms with van der Waals surface area (Å²) in [5.41, 5.74) is 4.41. The largest absolute Gasteiger partial charge is 0.370 e. The first-order chi connectivity index (χ1) is 21.7. The van der Waals surface area contributed by atoms with Crippen LogP contribution in [0.5, 0.6) is 0 Å². The van der Waals surface area contributed by atoms with Gasteiger partial charge in [-0.25, -0.2) is 0 Å². The summed E-state index contributed by atoms with van der Waals surface area (Å²) < 4.78 is 0. The van der Waals surface area contributed by atoms with E-state index in [1.165, 1.54) is 165 Å². The standard InChI is InChI=1S/C42H72N2/c1-7-13-17-21-25-29-33-43(34-30-26-22-18-14-8-2)41-37-40(12-6)42(38-39(41)11-5)44(35-31-27-23-19-15-9-3)36-32-28-24-20-16-10-4/h5-6,37-38H,7-10,13-36H2,1-4H3. The first-order valence-electron chi connectivity index (χ1n) is 19.3. The molecule has 1 aromatic rings. The van der Waals surface area contributed by atoms with Crippen LogP contribution in [0.2, 0.25) is 0 Å². The van der Waals surface area contributed by atoms with E-state index in [2.05, 4.69) is 61.5 Å². The van der Waals surface area contributed by atoms with Crippen molar-refractivity contribution in [1.82, 2.24) is 0 Å². The molecule has 0 aliphatic heterocycles. The zero-order chi connectivity index (χ0) is 32.1. The van der Waals surface area contributed by atoms with E-state index in [-0.39, 0.29) is 0 Å². The molecule has 0 aromatic heterocycles. The maximum atomic E-state index is 6.26. The van der Waals surface area contributed by atoms with Gasteiger partial charge in [-0.05, 0) is 37.8 Å². The molecule has 0 spiro atoms. The van der Waals surface area contributed by atoms with Crippen molar-refractivity contribution in [1.29, 1.82) is 0 Å². The molecule has 0 atom stereocenters. The van der Waals surface area contributed by atoms with Crippen LogP contribution >= 0.6 is 0 Å². The second-order valence-corrected chi connectivity index (χ2v) is 13.2. The molecule has 0 N–H and O–H groups in total. The van der Waals surface area contributed by atoms with Crippen LogP contribution < -0.4 is 9.80 Å². The fourth-order valence-electron chi connectivity index (χ4n) is 6.37. The summed E-state index contributed by atoms with van der Waals surface area (Å²) in [5.74, 6) is 6.21. The maximum Gasteiger partial charge on any atom is 0.0539 e. The normalized spacial score (nSPS) is 11.0. The van der Waals surface area contributed by atoms with Crippen molar-refractivity contribution in [2.24, 2.45) is 0 Å². The van der Waals surface area contributed by atoms with E-state index in [1.807, 2.05) is 0 Å². The molecule has 0 unspecified atom stereocenters. The van der Waals surface area contributed by atoms with Gasteiger partial charge in [0.05, 0.1) is 11.4 Å². The Kier molecular flexibility index (Phi) is 25.8. The summed E-state index contributed by atoms with van der Waals surface area (Å²) in [7, 11) is 0. The van der Waals surface area contributed by atoms with Gasteiger partial charge in [0.15, 0.2) is 0 Å². The van der Waals surface area contributed by atoms with E-state index in [0.29, 0.717) is 0 Å². The minimum atomic E-state index is 1.02. The molecule has 0 aliphatic carbocycles. The van der Waals surface area contributed by atoms with Crippen LogP contribution in [-0.2, 0) is 0 Å². The molecule has 1 rings (SSSR count). The first-order valence-corrected chi connectivity index (χ1v) is 19.3. The summed E-state index contributed by atoms with van der Waals surface area (Å²) in [5, 5.41) is 0. The van der Waals surface area contributed by atoms with Gasteiger partial charge in [0.25, 0.3) is 0 Å². The highest BCUT2D eigenvalue weighted by Gasteiger charge is 2.18. The predicted molar refractivity (Wildman–Crippen MR) is 200 cm³/mol. The lowest BCUT2D eigenvalue weighted by atomic mass is 10.0. The Morgan fingerprint density at radius 1 is 0.386 bits per heavy atom. The molecule has 250 valence electrons. The Morgan fingerprint density at radius 2 is 0.614 bits per heavy atom. The van der Waals surface area contributed by atoms with E-state index in [0.717, 1.165) is 37.3 Å². The van der Waals surface area contributed by atoms with Crippen LogP contribution in [0.1, 0.15) is 193 Å². The highest BCUT2D eigenvalue weighted by atomic mass is 15.1. The Bertz CT molecular complexity index is 783. The number of anilines is 2. The molecule has 2 heteroatoms. The van der Waals surface area contributed by atoms with Crippen molar-refractivity contribution < 1.29 is 0 Å². The average Bonchev–Trinajstić information content (AvgIpc) is 3.04. The third-order valence-electron chi connectivity index (χ3n) is 9.23. The van der Waals surface area contributed by atoms with Gasteiger partial charge in [-0.2, -0.15) is 0 Å². The lowest BCUT2D eigenvalue weighted by Gasteiger charge is -2.30. The molecule has 0 aliphatic rings. The molecule has 0 heterocycles. The highest BCUT2D eigenvalue weighted by Crippen LogP contribution is 2.32. The van der Waals surface area contributed by atoms with E-state index in [4.69, 9.17) is 12.8 Å². The van der Waals surface area contributed by atoms with Gasteiger partial charge in [0.2, 0.25) is 0 Å². The molecule has 0 fully saturated rings. The van der Waals surface area contributed by atoms with Crippen molar-refractivity contribution in [2.75, 3.05) is 36.0 Å². The van der Waals surface area contributed by atoms with Crippen LogP contribution in [0.4, 0.5) is 11.4 Å². The fraction of sp³-hybridized carbons (Fsp3) is 0.762. The van der Waals surface area contributed by atoms with Crippen molar-refractivity contribution in [2.45, 2.75) is 182 Å². The van der Waals surface area contributed by atoms with Crippen LogP contribution in [-0.4, -0.2) is 26.2 Å². The van der Waals surface area contributed by atoms with Crippen molar-refractivity contribution >= 4 is 11.4 Å². The van der Waals surface area contributed by atoms with Gasteiger partial charge in [-0.15, -0.1) is 12.8 Å². The SMILES string of the molecule is C#Cc1cc(N(CCCCCCCC)CCCCCCCC)c(C#C)cc1N(CCCCCCCC)CCCCCCCC. The second-order valence-electron chi connectivity index (χ2n) is 13.2. The van der Waals surface area contributed by atoms with Crippen molar-refractivity contribution in [3.8, 4) is 24.7 Å². The molecule has 0 saturated heterocycles. The Balaban J connectivity index is 3.13. The topological polar surface area (TPSA) is 6.48 Å². The Hall–Kier alpha value is -2.06. The number of benzene rings is 1. The monoisotopic (exact) mass is 605 g/mol. The van der Waals surface area contributed by atoms with Gasteiger partial charge in [0.1, 0.15) is 0 Å². The average molecular weight is 605 g/mol. The second kappa shape index (κ2) is 28.4. The van der Waals surface area contributed by atoms with Gasteiger partial charge in [0, 0.05) is 37.3 Å². The molecule has 0 saturated carbocycles. The molecule has 0 bridgehead atoms. The van der Waals surface area contributed by atoms with Crippen LogP contribution in [0.3, 0.4) is 0 Å². The molecule has 44 heavy (non-hydrogen) atoms. The van der Waals surface area contributed by atoms with Gasteiger partial charge < -0.3 is 9.80 Å². The maximum absolute atomic E-state index is 6.26. The van der Waals surface area contributed by atoms with Crippen molar-refractivity contribution in [3.63, 3.8) is 0 Å². The number of terminal acetylenes is 2. The number of rotatable bonds is 30. The van der Waals surface area contributed by atoms with Crippen molar-refractivity contribution in [3.05, 3.63) is 23.3 Å². The molecule has 2 nitrogen and oxygen atoms in total. The van der Waals surface area contributed by atoms with Gasteiger partial charge in [-0.3, -0.25) is 0 Å². The predicted octanol–water partition coefficient (Wildman–Crippen LogP) is 12.7. The fourth-order valence-corrected chi connectivity index (χ4v) is 6.37. The number of unbranched alkanes of at least 4 members (excludes halogenated alkanes) is 20. The lowest BCUT2D eigenvalue weighted by molar-refractivity contribution is 0.573. The first kappa shape index (κ1) is 40.0. The summed E-state index contributed by atoms with van der Waals surface area (Å²) in [6.45, 7) is 13.4. The quantitative estimate of drug-likeness (QED) is 0.0636. The molecule has 1 aromatic carbocycles. The summed E-state index contributed by atoms with van der Waals surface area (Å²) in [6, 6.07) is 4.54. The number of nitrogens with zero attached hydrogens (tertiary/aromatic N) is 2. The number of hydrogen-bond acceptors (Lipinski definition) is 2. The van der Waals surface area contributed by atoms with Gasteiger partial charge in [-0.1, -0.05) is 168 Å².